The van der Waals surface area contributed by atoms with Crippen molar-refractivity contribution in [2.75, 3.05) is 0 Å². The fourth-order valence-electron chi connectivity index (χ4n) is 4.85. The lowest BCUT2D eigenvalue weighted by molar-refractivity contribution is -0.189. The first-order valence-corrected chi connectivity index (χ1v) is 13.6. The van der Waals surface area contributed by atoms with E-state index >= 15 is 8.78 Å². The van der Waals surface area contributed by atoms with Crippen LogP contribution in [0, 0.1) is 41.8 Å². The second-order valence-electron chi connectivity index (χ2n) is 10.5. The topological polar surface area (TPSA) is 9.23 Å². The molecule has 5 aromatic rings. The van der Waals surface area contributed by atoms with Crippen molar-refractivity contribution >= 4 is 5.83 Å². The molecule has 0 N–H and O–H groups in total. The molecule has 0 bridgehead atoms. The molecular formula is C35H18F12O. The molecule has 5 aromatic carbocycles. The first-order chi connectivity index (χ1) is 22.4. The van der Waals surface area contributed by atoms with Crippen LogP contribution in [-0.2, 0) is 6.11 Å². The van der Waals surface area contributed by atoms with Crippen molar-refractivity contribution in [3.63, 3.8) is 0 Å². The lowest BCUT2D eigenvalue weighted by Gasteiger charge is -2.20. The maximum Gasteiger partial charge on any atom is 0.432 e. The Morgan fingerprint density at radius 2 is 1.00 bits per heavy atom. The lowest BCUT2D eigenvalue weighted by Crippen LogP contribution is -2.25. The van der Waals surface area contributed by atoms with Gasteiger partial charge in [0, 0.05) is 17.2 Å². The van der Waals surface area contributed by atoms with Gasteiger partial charge in [-0.15, -0.1) is 0 Å². The molecule has 0 fully saturated rings. The number of rotatable bonds is 7. The highest BCUT2D eigenvalue weighted by atomic mass is 19.4. The zero-order chi connectivity index (χ0) is 35.1. The van der Waals surface area contributed by atoms with Gasteiger partial charge in [0.1, 0.15) is 52.0 Å². The summed E-state index contributed by atoms with van der Waals surface area (Å²) in [5.41, 5.74) is -3.53. The third-order valence-corrected chi connectivity index (χ3v) is 7.07. The third kappa shape index (κ3) is 7.19. The van der Waals surface area contributed by atoms with E-state index in [4.69, 9.17) is 0 Å². The first-order valence-electron chi connectivity index (χ1n) is 13.6. The molecule has 48 heavy (non-hydrogen) atoms. The predicted molar refractivity (Wildman–Crippen MR) is 153 cm³/mol. The van der Waals surface area contributed by atoms with Crippen molar-refractivity contribution in [3.05, 3.63) is 143 Å². The highest BCUT2D eigenvalue weighted by molar-refractivity contribution is 5.72. The van der Waals surface area contributed by atoms with Crippen LogP contribution in [0.4, 0.5) is 52.7 Å². The highest BCUT2D eigenvalue weighted by Gasteiger charge is 2.41. The Hall–Kier alpha value is -5.20. The summed E-state index contributed by atoms with van der Waals surface area (Å²) in [6.45, 7) is 1.86. The molecule has 0 saturated heterocycles. The van der Waals surface area contributed by atoms with Crippen LogP contribution in [-0.4, -0.2) is 6.18 Å². The number of aryl methyl sites for hydroxylation is 1. The summed E-state index contributed by atoms with van der Waals surface area (Å²) in [6.07, 6.45) is -11.0. The van der Waals surface area contributed by atoms with E-state index in [0.29, 0.717) is 47.5 Å². The maximum atomic E-state index is 15.0. The Labute approximate surface area is 264 Å². The fraction of sp³-hybridized carbons (Fsp3) is 0.0857. The van der Waals surface area contributed by atoms with Crippen molar-refractivity contribution in [2.45, 2.75) is 19.2 Å². The minimum atomic E-state index is -5.24. The number of allylic oxidation sites excluding steroid dienone is 1. The number of ether oxygens (including phenoxy) is 1. The van der Waals surface area contributed by atoms with Gasteiger partial charge in [0.05, 0.1) is 11.6 Å². The fourth-order valence-corrected chi connectivity index (χ4v) is 4.85. The zero-order valence-electron chi connectivity index (χ0n) is 24.1. The Morgan fingerprint density at radius 1 is 0.542 bits per heavy atom. The average Bonchev–Trinajstić information content (AvgIpc) is 2.95. The summed E-state index contributed by atoms with van der Waals surface area (Å²) in [7, 11) is 0. The third-order valence-electron chi connectivity index (χ3n) is 7.07. The standard InChI is InChI=1S/C35H18F12O/c1-17-2-4-18(5-3-17)19-6-8-23(25(36)10-19)21-13-29(40)33(30(41)14-21)35(46,47)48-22-7-9-24(26(37)15-22)20-11-27(38)32(28(39)12-20)31(42)16-34(43,44)45/h2-16H,1H3/b31-16-. The van der Waals surface area contributed by atoms with Gasteiger partial charge in [0.2, 0.25) is 0 Å². The number of halogens is 12. The van der Waals surface area contributed by atoms with Crippen LogP contribution in [0.25, 0.3) is 39.2 Å². The SMILES string of the molecule is Cc1ccc(-c2ccc(-c3cc(F)c(C(F)(F)Oc4ccc(-c5cc(F)c(/C(F)=C/C(F)(F)F)c(F)c5)c(F)c4)c(F)c3)c(F)c2)cc1. The second-order valence-corrected chi connectivity index (χ2v) is 10.5. The first kappa shape index (κ1) is 34.1. The molecular weight excluding hydrogens is 664 g/mol. The maximum absolute atomic E-state index is 15.0. The van der Waals surface area contributed by atoms with Gasteiger partial charge < -0.3 is 4.74 Å². The Morgan fingerprint density at radius 3 is 1.50 bits per heavy atom. The summed E-state index contributed by atoms with van der Waals surface area (Å²) in [5.74, 6) is -12.9. The normalized spacial score (nSPS) is 12.4. The number of hydrogen-bond donors (Lipinski definition) is 0. The monoisotopic (exact) mass is 682 g/mol. The van der Waals surface area contributed by atoms with Crippen LogP contribution < -0.4 is 4.74 Å². The van der Waals surface area contributed by atoms with Gasteiger partial charge in [0.25, 0.3) is 0 Å². The molecule has 0 aromatic heterocycles. The van der Waals surface area contributed by atoms with Crippen LogP contribution in [0.2, 0.25) is 0 Å². The number of benzene rings is 5. The molecule has 0 heterocycles. The molecule has 0 aliphatic heterocycles. The molecule has 0 radical (unpaired) electrons. The van der Waals surface area contributed by atoms with E-state index < -0.39 is 92.7 Å². The van der Waals surface area contributed by atoms with Crippen LogP contribution in [0.15, 0.2) is 91.0 Å². The summed E-state index contributed by atoms with van der Waals surface area (Å²) < 4.78 is 174. The Balaban J connectivity index is 1.40. The molecule has 0 unspecified atom stereocenters. The Kier molecular flexibility index (Phi) is 9.09. The van der Waals surface area contributed by atoms with Crippen molar-refractivity contribution in [2.24, 2.45) is 0 Å². The zero-order valence-corrected chi connectivity index (χ0v) is 24.1. The number of hydrogen-bond acceptors (Lipinski definition) is 1. The highest BCUT2D eigenvalue weighted by Crippen LogP contribution is 2.39. The molecule has 0 spiro atoms. The van der Waals surface area contributed by atoms with Crippen molar-refractivity contribution in [1.82, 2.24) is 0 Å². The van der Waals surface area contributed by atoms with Crippen LogP contribution in [0.3, 0.4) is 0 Å². The van der Waals surface area contributed by atoms with E-state index in [9.17, 15) is 43.9 Å². The predicted octanol–water partition coefficient (Wildman–Crippen LogP) is 11.8. The van der Waals surface area contributed by atoms with Gasteiger partial charge in [-0.1, -0.05) is 42.0 Å². The number of alkyl halides is 5. The van der Waals surface area contributed by atoms with Crippen molar-refractivity contribution < 1.29 is 57.4 Å². The van der Waals surface area contributed by atoms with E-state index in [2.05, 4.69) is 4.74 Å². The van der Waals surface area contributed by atoms with Crippen LogP contribution in [0.1, 0.15) is 16.7 Å². The van der Waals surface area contributed by atoms with Crippen LogP contribution >= 0.6 is 0 Å². The van der Waals surface area contributed by atoms with Gasteiger partial charge in [-0.25, -0.2) is 30.7 Å². The molecule has 0 saturated carbocycles. The molecule has 248 valence electrons. The molecule has 0 atom stereocenters. The quantitative estimate of drug-likeness (QED) is 0.155. The molecule has 13 heteroatoms. The summed E-state index contributed by atoms with van der Waals surface area (Å²) in [6, 6.07) is 14.0. The van der Waals surface area contributed by atoms with Crippen molar-refractivity contribution in [1.29, 1.82) is 0 Å². The largest absolute Gasteiger partial charge is 0.432 e. The van der Waals surface area contributed by atoms with Gasteiger partial charge in [-0.05, 0) is 71.6 Å². The van der Waals surface area contributed by atoms with Crippen molar-refractivity contribution in [3.8, 4) is 39.1 Å². The average molecular weight is 683 g/mol. The van der Waals surface area contributed by atoms with Gasteiger partial charge in [0.15, 0.2) is 0 Å². The van der Waals surface area contributed by atoms with Gasteiger partial charge >= 0.3 is 12.3 Å². The van der Waals surface area contributed by atoms with Gasteiger partial charge in [-0.2, -0.15) is 22.0 Å². The minimum Gasteiger partial charge on any atom is -0.429 e. The molecule has 0 aliphatic carbocycles. The molecule has 0 amide bonds. The van der Waals surface area contributed by atoms with E-state index in [1.54, 1.807) is 24.3 Å². The molecule has 5 rings (SSSR count). The lowest BCUT2D eigenvalue weighted by atomic mass is 9.98. The van der Waals surface area contributed by atoms with E-state index in [1.807, 2.05) is 6.92 Å². The van der Waals surface area contributed by atoms with E-state index in [0.717, 1.165) is 11.6 Å². The second kappa shape index (κ2) is 12.8. The van der Waals surface area contributed by atoms with E-state index in [1.165, 1.54) is 12.1 Å². The summed E-state index contributed by atoms with van der Waals surface area (Å²) >= 11 is 0. The molecule has 0 aliphatic rings. The summed E-state index contributed by atoms with van der Waals surface area (Å²) in [4.78, 5) is 0. The smallest absolute Gasteiger partial charge is 0.429 e. The van der Waals surface area contributed by atoms with Gasteiger partial charge in [-0.3, -0.25) is 0 Å². The van der Waals surface area contributed by atoms with Crippen LogP contribution in [0.5, 0.6) is 5.75 Å². The minimum absolute atomic E-state index is 0.284. The Bertz CT molecular complexity index is 2000. The van der Waals surface area contributed by atoms with E-state index in [-0.39, 0.29) is 11.6 Å². The summed E-state index contributed by atoms with van der Waals surface area (Å²) in [5, 5.41) is 0. The molecule has 1 nitrogen and oxygen atoms in total.